The Balaban J connectivity index is 2.47. The Morgan fingerprint density at radius 3 is 2.19 bits per heavy atom. The van der Waals surface area contributed by atoms with E-state index < -0.39 is 9.04 Å². The van der Waals surface area contributed by atoms with Crippen molar-refractivity contribution < 1.29 is 4.43 Å². The summed E-state index contributed by atoms with van der Waals surface area (Å²) >= 11 is 0. The molecular formula is C18H33NOSi. The lowest BCUT2D eigenvalue weighted by Crippen LogP contribution is -2.18. The topological polar surface area (TPSA) is 35.2 Å². The van der Waals surface area contributed by atoms with E-state index in [0.717, 1.165) is 12.3 Å². The average Bonchev–Trinajstić information content (AvgIpc) is 2.37. The molecule has 2 N–H and O–H groups in total. The second kappa shape index (κ2) is 8.59. The molecule has 1 unspecified atom stereocenters. The highest BCUT2D eigenvalue weighted by molar-refractivity contribution is 6.48. The van der Waals surface area contributed by atoms with Crippen LogP contribution in [0.2, 0.25) is 13.1 Å². The molecule has 0 aliphatic rings. The Morgan fingerprint density at radius 1 is 1.05 bits per heavy atom. The van der Waals surface area contributed by atoms with E-state index in [9.17, 15) is 0 Å². The molecule has 0 radical (unpaired) electrons. The lowest BCUT2D eigenvalue weighted by atomic mass is 9.74. The third-order valence-corrected chi connectivity index (χ3v) is 4.87. The third-order valence-electron chi connectivity index (χ3n) is 3.97. The van der Waals surface area contributed by atoms with Gasteiger partial charge >= 0.3 is 0 Å². The van der Waals surface area contributed by atoms with Crippen LogP contribution >= 0.6 is 0 Å². The molecule has 0 fully saturated rings. The smallest absolute Gasteiger partial charge is 0.170 e. The highest BCUT2D eigenvalue weighted by atomic mass is 28.3. The third kappa shape index (κ3) is 7.14. The van der Waals surface area contributed by atoms with Crippen LogP contribution in [0.3, 0.4) is 0 Å². The van der Waals surface area contributed by atoms with Crippen molar-refractivity contribution in [2.75, 3.05) is 12.3 Å². The van der Waals surface area contributed by atoms with Crippen molar-refractivity contribution in [2.45, 2.75) is 65.5 Å². The van der Waals surface area contributed by atoms with Crippen LogP contribution in [0.25, 0.3) is 0 Å². The Labute approximate surface area is 132 Å². The lowest BCUT2D eigenvalue weighted by molar-refractivity contribution is 0.285. The summed E-state index contributed by atoms with van der Waals surface area (Å²) in [6, 6.07) is 8.43. The van der Waals surface area contributed by atoms with E-state index in [0.29, 0.717) is 5.92 Å². The van der Waals surface area contributed by atoms with Gasteiger partial charge in [-0.1, -0.05) is 45.7 Å². The summed E-state index contributed by atoms with van der Waals surface area (Å²) in [6.07, 6.45) is 4.98. The van der Waals surface area contributed by atoms with Crippen LogP contribution in [0.1, 0.15) is 57.9 Å². The molecule has 1 rings (SSSR count). The van der Waals surface area contributed by atoms with Crippen LogP contribution in [0.5, 0.6) is 0 Å². The van der Waals surface area contributed by atoms with Gasteiger partial charge in [0.15, 0.2) is 9.04 Å². The first kappa shape index (κ1) is 18.2. The van der Waals surface area contributed by atoms with Gasteiger partial charge in [0, 0.05) is 12.3 Å². The summed E-state index contributed by atoms with van der Waals surface area (Å²) in [6.45, 7) is 12.4. The second-order valence-electron chi connectivity index (χ2n) is 7.35. The highest BCUT2D eigenvalue weighted by Gasteiger charge is 2.25. The molecule has 0 aromatic heterocycles. The van der Waals surface area contributed by atoms with E-state index in [4.69, 9.17) is 10.2 Å². The normalized spacial score (nSPS) is 13.6. The molecule has 21 heavy (non-hydrogen) atoms. The standard InChI is InChI=1S/C18H33NOSi/c1-18(2,3)17(15-10-12-16(19)13-11-15)9-7-6-8-14-20-21(4)5/h10-13,17,21H,6-9,14,19H2,1-5H3. The van der Waals surface area contributed by atoms with Gasteiger partial charge in [0.25, 0.3) is 0 Å². The van der Waals surface area contributed by atoms with E-state index in [1.165, 1.54) is 31.2 Å². The van der Waals surface area contributed by atoms with Crippen LogP contribution in [-0.4, -0.2) is 15.6 Å². The number of nitrogens with two attached hydrogens (primary N) is 1. The molecule has 1 aromatic carbocycles. The summed E-state index contributed by atoms with van der Waals surface area (Å²) in [5.74, 6) is 0.596. The average molecular weight is 308 g/mol. The van der Waals surface area contributed by atoms with Crippen LogP contribution < -0.4 is 5.73 Å². The molecular weight excluding hydrogens is 274 g/mol. The summed E-state index contributed by atoms with van der Waals surface area (Å²) in [7, 11) is -0.835. The number of anilines is 1. The number of hydrogen-bond acceptors (Lipinski definition) is 2. The van der Waals surface area contributed by atoms with Crippen LogP contribution in [0, 0.1) is 5.41 Å². The molecule has 3 heteroatoms. The number of nitrogen functional groups attached to an aromatic ring is 1. The van der Waals surface area contributed by atoms with Gasteiger partial charge in [0.2, 0.25) is 0 Å². The van der Waals surface area contributed by atoms with Crippen LogP contribution in [0.15, 0.2) is 24.3 Å². The van der Waals surface area contributed by atoms with Gasteiger partial charge in [-0.3, -0.25) is 0 Å². The minimum absolute atomic E-state index is 0.289. The SMILES string of the molecule is C[SiH](C)OCCCCCC(c1ccc(N)cc1)C(C)(C)C. The zero-order valence-corrected chi connectivity index (χ0v) is 15.6. The molecule has 120 valence electrons. The zero-order chi connectivity index (χ0) is 15.9. The molecule has 2 nitrogen and oxygen atoms in total. The maximum absolute atomic E-state index is 5.80. The van der Waals surface area contributed by atoms with Crippen LogP contribution in [0.4, 0.5) is 5.69 Å². The first-order valence-corrected chi connectivity index (χ1v) is 11.1. The van der Waals surface area contributed by atoms with Crippen molar-refractivity contribution in [3.8, 4) is 0 Å². The van der Waals surface area contributed by atoms with E-state index >= 15 is 0 Å². The fraction of sp³-hybridized carbons (Fsp3) is 0.667. The van der Waals surface area contributed by atoms with E-state index in [1.54, 1.807) is 0 Å². The Kier molecular flexibility index (Phi) is 7.47. The lowest BCUT2D eigenvalue weighted by Gasteiger charge is -2.31. The van der Waals surface area contributed by atoms with E-state index in [2.05, 4.69) is 46.0 Å². The number of rotatable bonds is 8. The summed E-state index contributed by atoms with van der Waals surface area (Å²) in [5, 5.41) is 0. The molecule has 0 saturated heterocycles. The minimum Gasteiger partial charge on any atom is -0.421 e. The highest BCUT2D eigenvalue weighted by Crippen LogP contribution is 2.39. The first-order chi connectivity index (χ1) is 9.80. The monoisotopic (exact) mass is 307 g/mol. The maximum atomic E-state index is 5.80. The fourth-order valence-electron chi connectivity index (χ4n) is 2.77. The van der Waals surface area contributed by atoms with E-state index in [1.807, 2.05) is 12.1 Å². The van der Waals surface area contributed by atoms with Gasteiger partial charge in [-0.15, -0.1) is 0 Å². The Bertz CT molecular complexity index is 395. The van der Waals surface area contributed by atoms with Gasteiger partial charge in [0.1, 0.15) is 0 Å². The minimum atomic E-state index is -0.835. The van der Waals surface area contributed by atoms with Gasteiger partial charge < -0.3 is 10.2 Å². The molecule has 1 atom stereocenters. The van der Waals surface area contributed by atoms with Gasteiger partial charge in [0.05, 0.1) is 0 Å². The second-order valence-corrected chi connectivity index (χ2v) is 9.79. The largest absolute Gasteiger partial charge is 0.421 e. The van der Waals surface area contributed by atoms with Crippen molar-refractivity contribution in [2.24, 2.45) is 5.41 Å². The van der Waals surface area contributed by atoms with Crippen molar-refractivity contribution >= 4 is 14.7 Å². The quantitative estimate of drug-likeness (QED) is 0.418. The van der Waals surface area contributed by atoms with Crippen molar-refractivity contribution in [1.82, 2.24) is 0 Å². The predicted octanol–water partition coefficient (Wildman–Crippen LogP) is 4.96. The molecule has 0 aliphatic heterocycles. The number of unbranched alkanes of at least 4 members (excludes halogenated alkanes) is 2. The summed E-state index contributed by atoms with van der Waals surface area (Å²) in [5.41, 5.74) is 8.36. The molecule has 0 saturated carbocycles. The van der Waals surface area contributed by atoms with Crippen molar-refractivity contribution in [3.63, 3.8) is 0 Å². The number of benzene rings is 1. The zero-order valence-electron chi connectivity index (χ0n) is 14.5. The van der Waals surface area contributed by atoms with Crippen molar-refractivity contribution in [1.29, 1.82) is 0 Å². The van der Waals surface area contributed by atoms with E-state index in [-0.39, 0.29) is 5.41 Å². The van der Waals surface area contributed by atoms with Gasteiger partial charge in [-0.25, -0.2) is 0 Å². The Morgan fingerprint density at radius 2 is 1.67 bits per heavy atom. The van der Waals surface area contributed by atoms with Gasteiger partial charge in [-0.2, -0.15) is 0 Å². The van der Waals surface area contributed by atoms with Crippen LogP contribution in [-0.2, 0) is 4.43 Å². The summed E-state index contributed by atoms with van der Waals surface area (Å²) < 4.78 is 5.74. The predicted molar refractivity (Wildman–Crippen MR) is 96.3 cm³/mol. The summed E-state index contributed by atoms with van der Waals surface area (Å²) in [4.78, 5) is 0. The Hall–Kier alpha value is -0.803. The fourth-order valence-corrected chi connectivity index (χ4v) is 3.41. The maximum Gasteiger partial charge on any atom is 0.170 e. The number of hydrogen-bond donors (Lipinski definition) is 1. The molecule has 0 amide bonds. The molecule has 0 spiro atoms. The first-order valence-electron chi connectivity index (χ1n) is 8.27. The molecule has 0 heterocycles. The molecule has 0 aliphatic carbocycles. The van der Waals surface area contributed by atoms with Gasteiger partial charge in [-0.05, 0) is 55.0 Å². The molecule has 0 bridgehead atoms. The van der Waals surface area contributed by atoms with Crippen molar-refractivity contribution in [3.05, 3.63) is 29.8 Å². The molecule has 1 aromatic rings.